The number of methoxy groups -OCH3 is 2. The Labute approximate surface area is 248 Å². The van der Waals surface area contributed by atoms with E-state index in [4.69, 9.17) is 14.2 Å². The molecule has 3 amide bonds. The van der Waals surface area contributed by atoms with Crippen LogP contribution in [0.3, 0.4) is 0 Å². The number of allylic oxidation sites excluding steroid dienone is 1. The van der Waals surface area contributed by atoms with E-state index < -0.39 is 23.9 Å². The quantitative estimate of drug-likeness (QED) is 0.147. The Balaban J connectivity index is 1.24. The molecule has 0 saturated carbocycles. The summed E-state index contributed by atoms with van der Waals surface area (Å²) >= 11 is 0. The minimum absolute atomic E-state index is 0.262. The molecule has 3 N–H and O–H groups in total. The van der Waals surface area contributed by atoms with Crippen molar-refractivity contribution in [2.24, 2.45) is 5.10 Å². The van der Waals surface area contributed by atoms with Crippen molar-refractivity contribution in [3.05, 3.63) is 107 Å². The summed E-state index contributed by atoms with van der Waals surface area (Å²) in [5, 5.41) is 10.5. The number of fused-ring (bicyclic) bond motifs is 1. The summed E-state index contributed by atoms with van der Waals surface area (Å²) in [7, 11) is 2.72. The van der Waals surface area contributed by atoms with Gasteiger partial charge in [0, 0.05) is 34.9 Å². The Morgan fingerprint density at radius 3 is 2.56 bits per heavy atom. The fourth-order valence-electron chi connectivity index (χ4n) is 4.95. The highest BCUT2D eigenvalue weighted by Crippen LogP contribution is 2.34. The molecule has 11 nitrogen and oxygen atoms in total. The van der Waals surface area contributed by atoms with Crippen LogP contribution in [0.15, 0.2) is 95.4 Å². The van der Waals surface area contributed by atoms with E-state index in [-0.39, 0.29) is 12.2 Å². The van der Waals surface area contributed by atoms with Gasteiger partial charge < -0.3 is 29.4 Å². The Kier molecular flexibility index (Phi) is 8.71. The number of hydrazone groups is 1. The number of urea groups is 1. The van der Waals surface area contributed by atoms with E-state index in [1.807, 2.05) is 48.7 Å². The number of esters is 1. The summed E-state index contributed by atoms with van der Waals surface area (Å²) in [5.41, 5.74) is 6.83. The van der Waals surface area contributed by atoms with Crippen molar-refractivity contribution in [1.29, 1.82) is 0 Å². The summed E-state index contributed by atoms with van der Waals surface area (Å²) in [4.78, 5) is 37.1. The van der Waals surface area contributed by atoms with Gasteiger partial charge in [-0.2, -0.15) is 5.10 Å². The van der Waals surface area contributed by atoms with Crippen LogP contribution in [0.1, 0.15) is 29.7 Å². The zero-order valence-electron chi connectivity index (χ0n) is 23.9. The van der Waals surface area contributed by atoms with Crippen LogP contribution in [-0.2, 0) is 20.9 Å². The van der Waals surface area contributed by atoms with Gasteiger partial charge in [0.15, 0.2) is 18.1 Å². The molecule has 5 rings (SSSR count). The Morgan fingerprint density at radius 1 is 1.02 bits per heavy atom. The molecule has 1 aliphatic rings. The summed E-state index contributed by atoms with van der Waals surface area (Å²) in [5.74, 6) is -0.426. The highest BCUT2D eigenvalue weighted by molar-refractivity contribution is 6.00. The second-order valence-corrected chi connectivity index (χ2v) is 9.77. The summed E-state index contributed by atoms with van der Waals surface area (Å²) in [6, 6.07) is 21.9. The predicted octanol–water partition coefficient (Wildman–Crippen LogP) is 4.03. The van der Waals surface area contributed by atoms with Crippen LogP contribution in [0.4, 0.5) is 4.79 Å². The number of hydrogen-bond donors (Lipinski definition) is 3. The smallest absolute Gasteiger partial charge is 0.337 e. The van der Waals surface area contributed by atoms with Gasteiger partial charge in [-0.25, -0.2) is 15.0 Å². The highest BCUT2D eigenvalue weighted by atomic mass is 16.5. The van der Waals surface area contributed by atoms with E-state index in [0.717, 1.165) is 16.5 Å². The molecular weight excluding hydrogens is 550 g/mol. The molecule has 0 unspecified atom stereocenters. The molecule has 0 aliphatic carbocycles. The number of hydrogen-bond acceptors (Lipinski definition) is 7. The number of para-hydroxylation sites is 1. The molecule has 1 aromatic heterocycles. The van der Waals surface area contributed by atoms with E-state index in [1.54, 1.807) is 31.3 Å². The molecule has 0 saturated heterocycles. The van der Waals surface area contributed by atoms with Gasteiger partial charge in [-0.15, -0.1) is 0 Å². The topological polar surface area (TPSA) is 132 Å². The number of nitrogens with zero attached hydrogens (tertiary/aromatic N) is 2. The van der Waals surface area contributed by atoms with Crippen molar-refractivity contribution < 1.29 is 28.6 Å². The molecule has 0 spiro atoms. The van der Waals surface area contributed by atoms with Crippen molar-refractivity contribution in [2.45, 2.75) is 19.5 Å². The first-order valence-electron chi connectivity index (χ1n) is 13.5. The number of carbonyl (C=O) groups is 3. The fourth-order valence-corrected chi connectivity index (χ4v) is 4.95. The van der Waals surface area contributed by atoms with E-state index in [1.165, 1.54) is 19.8 Å². The monoisotopic (exact) mass is 581 g/mol. The van der Waals surface area contributed by atoms with Gasteiger partial charge in [0.05, 0.1) is 32.0 Å². The normalized spacial score (nSPS) is 14.8. The fraction of sp³-hybridized carbons (Fsp3) is 0.188. The molecule has 4 aromatic rings. The summed E-state index contributed by atoms with van der Waals surface area (Å²) in [6.45, 7) is 2.01. The van der Waals surface area contributed by atoms with E-state index in [9.17, 15) is 14.4 Å². The Bertz CT molecular complexity index is 1730. The minimum Gasteiger partial charge on any atom is -0.493 e. The van der Waals surface area contributed by atoms with E-state index >= 15 is 0 Å². The standard InChI is InChI=1S/C32H31N5O6/c1-20-29(31(39)42-3)30(35-32(40)34-20)22-13-14-26(27(15-22)41-2)43-19-28(38)36-33-16-23-18-37(17-21-9-5-4-6-10-21)25-12-8-7-11-24(23)25/h4-16,18,30H,17,19H2,1-3H3,(H,36,38)(H2,34,35,40)/b33-16-/t30-/m0/s1. The van der Waals surface area contributed by atoms with Crippen molar-refractivity contribution in [1.82, 2.24) is 20.6 Å². The maximum atomic E-state index is 12.5. The second kappa shape index (κ2) is 12.9. The number of nitrogens with one attached hydrogen (secondary N) is 3. The molecule has 1 atom stereocenters. The molecule has 0 radical (unpaired) electrons. The largest absolute Gasteiger partial charge is 0.493 e. The molecule has 3 aromatic carbocycles. The lowest BCUT2D eigenvalue weighted by atomic mass is 9.95. The van der Waals surface area contributed by atoms with Crippen LogP contribution in [0.25, 0.3) is 10.9 Å². The number of amides is 3. The molecule has 43 heavy (non-hydrogen) atoms. The molecule has 11 heteroatoms. The first-order chi connectivity index (χ1) is 20.9. The van der Waals surface area contributed by atoms with Crippen LogP contribution >= 0.6 is 0 Å². The zero-order valence-corrected chi connectivity index (χ0v) is 23.9. The van der Waals surface area contributed by atoms with Crippen LogP contribution < -0.4 is 25.5 Å². The molecule has 220 valence electrons. The van der Waals surface area contributed by atoms with Gasteiger partial charge in [0.2, 0.25) is 0 Å². The molecular formula is C32H31N5O6. The average Bonchev–Trinajstić information content (AvgIpc) is 3.36. The lowest BCUT2D eigenvalue weighted by molar-refractivity contribution is -0.136. The number of aromatic nitrogens is 1. The molecule has 0 bridgehead atoms. The predicted molar refractivity (Wildman–Crippen MR) is 161 cm³/mol. The van der Waals surface area contributed by atoms with Crippen molar-refractivity contribution in [3.8, 4) is 11.5 Å². The minimum atomic E-state index is -0.763. The van der Waals surface area contributed by atoms with E-state index in [2.05, 4.69) is 37.9 Å². The van der Waals surface area contributed by atoms with Gasteiger partial charge in [0.1, 0.15) is 0 Å². The van der Waals surface area contributed by atoms with Crippen LogP contribution in [0, 0.1) is 0 Å². The van der Waals surface area contributed by atoms with Crippen molar-refractivity contribution in [3.63, 3.8) is 0 Å². The number of carbonyl (C=O) groups excluding carboxylic acids is 3. The lowest BCUT2D eigenvalue weighted by Gasteiger charge is -2.28. The first kappa shape index (κ1) is 28.9. The molecule has 1 aliphatic heterocycles. The van der Waals surface area contributed by atoms with Gasteiger partial charge in [-0.1, -0.05) is 54.6 Å². The summed E-state index contributed by atoms with van der Waals surface area (Å²) < 4.78 is 18.2. The van der Waals surface area contributed by atoms with Gasteiger partial charge in [0.25, 0.3) is 5.91 Å². The zero-order chi connectivity index (χ0) is 30.3. The summed E-state index contributed by atoms with van der Waals surface area (Å²) in [6.07, 6.45) is 3.61. The average molecular weight is 582 g/mol. The van der Waals surface area contributed by atoms with Gasteiger partial charge in [-0.3, -0.25) is 4.79 Å². The van der Waals surface area contributed by atoms with Crippen LogP contribution in [0.5, 0.6) is 11.5 Å². The third-order valence-electron chi connectivity index (χ3n) is 6.96. The Morgan fingerprint density at radius 2 is 1.79 bits per heavy atom. The van der Waals surface area contributed by atoms with Gasteiger partial charge in [-0.05, 0) is 36.2 Å². The second-order valence-electron chi connectivity index (χ2n) is 9.77. The number of rotatable bonds is 10. The SMILES string of the molecule is COC(=O)C1=C(C)NC(=O)N[C@H]1c1ccc(OCC(=O)N/N=C\c2cn(Cc3ccccc3)c3ccccc23)c(OC)c1. The Hall–Kier alpha value is -5.58. The molecule has 0 fully saturated rings. The van der Waals surface area contributed by atoms with Crippen LogP contribution in [0.2, 0.25) is 0 Å². The molecule has 2 heterocycles. The maximum Gasteiger partial charge on any atom is 0.337 e. The third-order valence-corrected chi connectivity index (χ3v) is 6.96. The van der Waals surface area contributed by atoms with Crippen molar-refractivity contribution >= 4 is 35.0 Å². The maximum absolute atomic E-state index is 12.5. The highest BCUT2D eigenvalue weighted by Gasteiger charge is 2.32. The van der Waals surface area contributed by atoms with E-state index in [0.29, 0.717) is 29.3 Å². The van der Waals surface area contributed by atoms with Crippen molar-refractivity contribution in [2.75, 3.05) is 20.8 Å². The number of benzene rings is 3. The van der Waals surface area contributed by atoms with Crippen LogP contribution in [-0.4, -0.2) is 49.5 Å². The lowest BCUT2D eigenvalue weighted by Crippen LogP contribution is -2.45. The van der Waals surface area contributed by atoms with Gasteiger partial charge >= 0.3 is 12.0 Å². The third kappa shape index (κ3) is 6.51. The first-order valence-corrected chi connectivity index (χ1v) is 13.5. The number of ether oxygens (including phenoxy) is 3.